The monoisotopic (exact) mass is 234 g/mol. The van der Waals surface area contributed by atoms with Gasteiger partial charge in [0.05, 0.1) is 0 Å². The maximum atomic E-state index is 5.64. The van der Waals surface area contributed by atoms with Crippen molar-refractivity contribution in [3.05, 3.63) is 18.1 Å². The first-order valence-corrected chi connectivity index (χ1v) is 6.59. The van der Waals surface area contributed by atoms with Crippen LogP contribution in [0, 0.1) is 5.92 Å². The molecular weight excluding hydrogens is 212 g/mol. The first kappa shape index (κ1) is 12.3. The summed E-state index contributed by atoms with van der Waals surface area (Å²) < 4.78 is 0. The van der Waals surface area contributed by atoms with E-state index in [2.05, 4.69) is 27.9 Å². The van der Waals surface area contributed by atoms with Crippen LogP contribution in [0.1, 0.15) is 31.9 Å². The molecule has 0 aromatic carbocycles. The average molecular weight is 234 g/mol. The number of piperidine rings is 1. The van der Waals surface area contributed by atoms with E-state index in [0.717, 1.165) is 49.9 Å². The summed E-state index contributed by atoms with van der Waals surface area (Å²) >= 11 is 0. The number of rotatable bonds is 4. The van der Waals surface area contributed by atoms with Gasteiger partial charge < -0.3 is 10.6 Å². The van der Waals surface area contributed by atoms with Gasteiger partial charge in [0, 0.05) is 24.8 Å². The molecule has 0 spiro atoms. The third-order valence-electron chi connectivity index (χ3n) is 3.49. The minimum absolute atomic E-state index is 0.730. The zero-order valence-corrected chi connectivity index (χ0v) is 10.6. The molecule has 1 saturated heterocycles. The molecule has 4 nitrogen and oxygen atoms in total. The van der Waals surface area contributed by atoms with Crippen LogP contribution in [0.2, 0.25) is 0 Å². The molecule has 2 heterocycles. The van der Waals surface area contributed by atoms with Crippen LogP contribution in [0.5, 0.6) is 0 Å². The second kappa shape index (κ2) is 5.96. The summed E-state index contributed by atoms with van der Waals surface area (Å²) in [6.45, 7) is 5.13. The zero-order chi connectivity index (χ0) is 12.1. The highest BCUT2D eigenvalue weighted by molar-refractivity contribution is 5.39. The van der Waals surface area contributed by atoms with Crippen molar-refractivity contribution >= 4 is 5.82 Å². The molecule has 0 aliphatic carbocycles. The van der Waals surface area contributed by atoms with E-state index >= 15 is 0 Å². The van der Waals surface area contributed by atoms with Crippen molar-refractivity contribution in [2.45, 2.75) is 32.6 Å². The molecule has 1 unspecified atom stereocenters. The highest BCUT2D eigenvalue weighted by Gasteiger charge is 2.20. The summed E-state index contributed by atoms with van der Waals surface area (Å²) in [5, 5.41) is 0. The Balaban J connectivity index is 2.05. The molecule has 1 aliphatic heterocycles. The second-order valence-electron chi connectivity index (χ2n) is 4.75. The summed E-state index contributed by atoms with van der Waals surface area (Å²) in [5.74, 6) is 1.81. The molecule has 1 aromatic rings. The molecule has 0 saturated carbocycles. The number of nitrogens with two attached hydrogens (primary N) is 1. The largest absolute Gasteiger partial charge is 0.356 e. The van der Waals surface area contributed by atoms with Gasteiger partial charge in [0.25, 0.3) is 0 Å². The number of aryl methyl sites for hydroxylation is 1. The van der Waals surface area contributed by atoms with Gasteiger partial charge in [-0.25, -0.2) is 9.97 Å². The minimum Gasteiger partial charge on any atom is -0.356 e. The molecule has 2 N–H and O–H groups in total. The van der Waals surface area contributed by atoms with Crippen molar-refractivity contribution in [2.75, 3.05) is 24.5 Å². The Bertz CT molecular complexity index is 351. The highest BCUT2D eigenvalue weighted by atomic mass is 15.2. The van der Waals surface area contributed by atoms with Gasteiger partial charge in [-0.15, -0.1) is 0 Å². The molecule has 1 fully saturated rings. The van der Waals surface area contributed by atoms with E-state index in [1.807, 2.05) is 0 Å². The van der Waals surface area contributed by atoms with Crippen molar-refractivity contribution in [1.82, 2.24) is 9.97 Å². The van der Waals surface area contributed by atoms with Crippen molar-refractivity contribution in [2.24, 2.45) is 11.7 Å². The Labute approximate surface area is 103 Å². The average Bonchev–Trinajstić information content (AvgIpc) is 2.40. The van der Waals surface area contributed by atoms with Crippen molar-refractivity contribution in [1.29, 1.82) is 0 Å². The molecule has 0 bridgehead atoms. The summed E-state index contributed by atoms with van der Waals surface area (Å²) in [7, 11) is 0. The maximum Gasteiger partial charge on any atom is 0.132 e. The first-order chi connectivity index (χ1) is 8.33. The lowest BCUT2D eigenvalue weighted by molar-refractivity contribution is 0.394. The van der Waals surface area contributed by atoms with Gasteiger partial charge in [0.2, 0.25) is 0 Å². The second-order valence-corrected chi connectivity index (χ2v) is 4.75. The van der Waals surface area contributed by atoms with Gasteiger partial charge in [0.1, 0.15) is 12.1 Å². The number of anilines is 1. The van der Waals surface area contributed by atoms with Gasteiger partial charge in [-0.2, -0.15) is 0 Å². The van der Waals surface area contributed by atoms with Crippen molar-refractivity contribution < 1.29 is 0 Å². The third kappa shape index (κ3) is 3.16. The summed E-state index contributed by atoms with van der Waals surface area (Å²) in [6, 6.07) is 2.12. The molecule has 94 valence electrons. The smallest absolute Gasteiger partial charge is 0.132 e. The van der Waals surface area contributed by atoms with Crippen molar-refractivity contribution in [3.8, 4) is 0 Å². The molecule has 4 heteroatoms. The fraction of sp³-hybridized carbons (Fsp3) is 0.692. The molecule has 0 amide bonds. The summed E-state index contributed by atoms with van der Waals surface area (Å²) in [6.07, 6.45) is 6.33. The van der Waals surface area contributed by atoms with Crippen LogP contribution >= 0.6 is 0 Å². The topological polar surface area (TPSA) is 55.0 Å². The maximum absolute atomic E-state index is 5.64. The van der Waals surface area contributed by atoms with E-state index in [1.54, 1.807) is 6.33 Å². The third-order valence-corrected chi connectivity index (χ3v) is 3.49. The van der Waals surface area contributed by atoms with Gasteiger partial charge in [-0.3, -0.25) is 0 Å². The molecule has 2 rings (SSSR count). The van der Waals surface area contributed by atoms with Crippen LogP contribution in [-0.2, 0) is 6.42 Å². The van der Waals surface area contributed by atoms with Gasteiger partial charge in [0.15, 0.2) is 0 Å². The highest BCUT2D eigenvalue weighted by Crippen LogP contribution is 2.23. The van der Waals surface area contributed by atoms with Crippen LogP contribution in [0.4, 0.5) is 5.82 Å². The number of hydrogen-bond acceptors (Lipinski definition) is 4. The SMILES string of the molecule is CCc1cc(N2CCCC(CCN)C2)ncn1. The molecule has 17 heavy (non-hydrogen) atoms. The molecular formula is C13H22N4. The van der Waals surface area contributed by atoms with Crippen LogP contribution in [-0.4, -0.2) is 29.6 Å². The number of hydrogen-bond donors (Lipinski definition) is 1. The van der Waals surface area contributed by atoms with Gasteiger partial charge in [-0.1, -0.05) is 6.92 Å². The Hall–Kier alpha value is -1.16. The lowest BCUT2D eigenvalue weighted by Gasteiger charge is -2.33. The first-order valence-electron chi connectivity index (χ1n) is 6.59. The number of aromatic nitrogens is 2. The quantitative estimate of drug-likeness (QED) is 0.860. The predicted molar refractivity (Wildman–Crippen MR) is 70.0 cm³/mol. The van der Waals surface area contributed by atoms with E-state index < -0.39 is 0 Å². The minimum atomic E-state index is 0.730. The van der Waals surface area contributed by atoms with Crippen LogP contribution in [0.15, 0.2) is 12.4 Å². The van der Waals surface area contributed by atoms with E-state index in [9.17, 15) is 0 Å². The van der Waals surface area contributed by atoms with Crippen LogP contribution in [0.3, 0.4) is 0 Å². The summed E-state index contributed by atoms with van der Waals surface area (Å²) in [4.78, 5) is 11.0. The molecule has 1 atom stereocenters. The van der Waals surface area contributed by atoms with E-state index in [1.165, 1.54) is 12.8 Å². The Morgan fingerprint density at radius 3 is 3.12 bits per heavy atom. The Morgan fingerprint density at radius 1 is 1.47 bits per heavy atom. The Kier molecular flexibility index (Phi) is 4.31. The van der Waals surface area contributed by atoms with Gasteiger partial charge in [-0.05, 0) is 38.1 Å². The van der Waals surface area contributed by atoms with Crippen LogP contribution in [0.25, 0.3) is 0 Å². The lowest BCUT2D eigenvalue weighted by Crippen LogP contribution is -2.36. The van der Waals surface area contributed by atoms with Gasteiger partial charge >= 0.3 is 0 Å². The van der Waals surface area contributed by atoms with E-state index in [0.29, 0.717) is 0 Å². The standard InChI is InChI=1S/C13H22N4/c1-2-12-8-13(16-10-15-12)17-7-3-4-11(9-17)5-6-14/h8,10-11H,2-7,9,14H2,1H3. The fourth-order valence-corrected chi connectivity index (χ4v) is 2.50. The normalized spacial score (nSPS) is 20.6. The fourth-order valence-electron chi connectivity index (χ4n) is 2.50. The number of nitrogens with zero attached hydrogens (tertiary/aromatic N) is 3. The van der Waals surface area contributed by atoms with E-state index in [-0.39, 0.29) is 0 Å². The summed E-state index contributed by atoms with van der Waals surface area (Å²) in [5.41, 5.74) is 6.77. The zero-order valence-electron chi connectivity index (χ0n) is 10.6. The van der Waals surface area contributed by atoms with Crippen molar-refractivity contribution in [3.63, 3.8) is 0 Å². The molecule has 0 radical (unpaired) electrons. The molecule has 1 aromatic heterocycles. The van der Waals surface area contributed by atoms with Crippen LogP contribution < -0.4 is 10.6 Å². The Morgan fingerprint density at radius 2 is 2.35 bits per heavy atom. The predicted octanol–water partition coefficient (Wildman–Crippen LogP) is 1.60. The van der Waals surface area contributed by atoms with E-state index in [4.69, 9.17) is 5.73 Å². The molecule has 1 aliphatic rings. The lowest BCUT2D eigenvalue weighted by atomic mass is 9.95.